The third-order valence-electron chi connectivity index (χ3n) is 3.73. The minimum atomic E-state index is -4.00. The maximum Gasteiger partial charge on any atom is 0.248 e. The molecule has 1 aromatic carbocycles. The molecule has 3 rings (SSSR count). The number of nitrogens with one attached hydrogen (secondary N) is 1. The largest absolute Gasteiger partial charge is 0.465 e. The molecule has 1 saturated heterocycles. The van der Waals surface area contributed by atoms with Crippen molar-refractivity contribution >= 4 is 27.7 Å². The Kier molecular flexibility index (Phi) is 5.50. The first kappa shape index (κ1) is 18.3. The van der Waals surface area contributed by atoms with Crippen molar-refractivity contribution < 1.29 is 26.8 Å². The van der Waals surface area contributed by atoms with Crippen LogP contribution in [0.25, 0.3) is 6.08 Å². The lowest BCUT2D eigenvalue weighted by Gasteiger charge is -2.26. The highest BCUT2D eigenvalue weighted by Crippen LogP contribution is 2.24. The van der Waals surface area contributed by atoms with Crippen LogP contribution in [0.15, 0.2) is 52.0 Å². The van der Waals surface area contributed by atoms with Crippen LogP contribution >= 0.6 is 0 Å². The van der Waals surface area contributed by atoms with Crippen LogP contribution in [-0.2, 0) is 19.6 Å². The number of hydrogen-bond donors (Lipinski definition) is 1. The van der Waals surface area contributed by atoms with Gasteiger partial charge in [-0.25, -0.2) is 12.8 Å². The molecule has 0 saturated carbocycles. The fourth-order valence-electron chi connectivity index (χ4n) is 2.43. The number of morpholine rings is 1. The summed E-state index contributed by atoms with van der Waals surface area (Å²) in [5.41, 5.74) is 0.173. The van der Waals surface area contributed by atoms with Gasteiger partial charge in [-0.15, -0.1) is 0 Å². The Morgan fingerprint density at radius 2 is 2.00 bits per heavy atom. The molecule has 1 N–H and O–H groups in total. The summed E-state index contributed by atoms with van der Waals surface area (Å²) >= 11 is 0. The van der Waals surface area contributed by atoms with Crippen molar-refractivity contribution in [3.8, 4) is 0 Å². The molecule has 9 heteroatoms. The maximum absolute atomic E-state index is 14.1. The quantitative estimate of drug-likeness (QED) is 0.803. The van der Waals surface area contributed by atoms with E-state index in [1.54, 1.807) is 12.1 Å². The zero-order valence-electron chi connectivity index (χ0n) is 13.7. The van der Waals surface area contributed by atoms with Gasteiger partial charge in [-0.05, 0) is 36.4 Å². The SMILES string of the molecule is O=C(C=Cc1ccco1)Nc1ccc(F)c(S(=O)(=O)N2CCOCC2)c1. The number of rotatable bonds is 5. The van der Waals surface area contributed by atoms with Gasteiger partial charge in [0.25, 0.3) is 0 Å². The number of carbonyl (C=O) groups is 1. The summed E-state index contributed by atoms with van der Waals surface area (Å²) < 4.78 is 50.7. The fraction of sp³-hybridized carbons (Fsp3) is 0.235. The molecule has 1 fully saturated rings. The molecular weight excluding hydrogens is 363 g/mol. The van der Waals surface area contributed by atoms with Crippen LogP contribution in [-0.4, -0.2) is 44.9 Å². The first-order chi connectivity index (χ1) is 12.5. The number of benzene rings is 1. The highest BCUT2D eigenvalue weighted by Gasteiger charge is 2.29. The van der Waals surface area contributed by atoms with Crippen molar-refractivity contribution in [3.63, 3.8) is 0 Å². The number of hydrogen-bond acceptors (Lipinski definition) is 5. The topological polar surface area (TPSA) is 88.8 Å². The third kappa shape index (κ3) is 4.18. The molecule has 2 aromatic rings. The average molecular weight is 380 g/mol. The van der Waals surface area contributed by atoms with Gasteiger partial charge >= 0.3 is 0 Å². The number of furan rings is 1. The van der Waals surface area contributed by atoms with E-state index >= 15 is 0 Å². The molecular formula is C17H17FN2O5S. The van der Waals surface area contributed by atoms with Crippen LogP contribution in [0.2, 0.25) is 0 Å². The molecule has 0 aliphatic carbocycles. The van der Waals surface area contributed by atoms with Crippen molar-refractivity contribution in [2.75, 3.05) is 31.6 Å². The van der Waals surface area contributed by atoms with Crippen molar-refractivity contribution in [3.05, 3.63) is 54.2 Å². The molecule has 7 nitrogen and oxygen atoms in total. The summed E-state index contributed by atoms with van der Waals surface area (Å²) in [6, 6.07) is 6.78. The van der Waals surface area contributed by atoms with Gasteiger partial charge in [-0.3, -0.25) is 4.79 Å². The minimum absolute atomic E-state index is 0.157. The Balaban J connectivity index is 1.78. The zero-order chi connectivity index (χ0) is 18.6. The number of carbonyl (C=O) groups excluding carboxylic acids is 1. The smallest absolute Gasteiger partial charge is 0.248 e. The van der Waals surface area contributed by atoms with E-state index in [2.05, 4.69) is 5.32 Å². The average Bonchev–Trinajstić information content (AvgIpc) is 3.16. The van der Waals surface area contributed by atoms with Gasteiger partial charge in [0.15, 0.2) is 0 Å². The number of amides is 1. The van der Waals surface area contributed by atoms with Gasteiger partial charge in [0.1, 0.15) is 16.5 Å². The van der Waals surface area contributed by atoms with E-state index in [1.807, 2.05) is 0 Å². The van der Waals surface area contributed by atoms with Gasteiger partial charge in [0.05, 0.1) is 19.5 Å². The minimum Gasteiger partial charge on any atom is -0.465 e. The number of nitrogens with zero attached hydrogens (tertiary/aromatic N) is 1. The molecule has 1 aliphatic heterocycles. The summed E-state index contributed by atoms with van der Waals surface area (Å²) in [4.78, 5) is 11.5. The highest BCUT2D eigenvalue weighted by molar-refractivity contribution is 7.89. The molecule has 0 bridgehead atoms. The molecule has 1 aromatic heterocycles. The van der Waals surface area contributed by atoms with E-state index in [1.165, 1.54) is 24.5 Å². The van der Waals surface area contributed by atoms with Gasteiger partial charge in [0.2, 0.25) is 15.9 Å². The van der Waals surface area contributed by atoms with Crippen molar-refractivity contribution in [1.29, 1.82) is 0 Å². The Morgan fingerprint density at radius 1 is 1.23 bits per heavy atom. The molecule has 2 heterocycles. The summed E-state index contributed by atoms with van der Waals surface area (Å²) in [7, 11) is -4.00. The van der Waals surface area contributed by atoms with Crippen LogP contribution in [0.4, 0.5) is 10.1 Å². The number of sulfonamides is 1. The monoisotopic (exact) mass is 380 g/mol. The van der Waals surface area contributed by atoms with E-state index < -0.39 is 26.6 Å². The third-order valence-corrected chi connectivity index (χ3v) is 5.64. The molecule has 26 heavy (non-hydrogen) atoms. The predicted molar refractivity (Wildman–Crippen MR) is 92.3 cm³/mol. The second-order valence-electron chi connectivity index (χ2n) is 5.50. The predicted octanol–water partition coefficient (Wildman–Crippen LogP) is 2.09. The summed E-state index contributed by atoms with van der Waals surface area (Å²) in [5, 5.41) is 2.51. The van der Waals surface area contributed by atoms with Crippen LogP contribution in [0.3, 0.4) is 0 Å². The van der Waals surface area contributed by atoms with Crippen LogP contribution in [0.5, 0.6) is 0 Å². The number of halogens is 1. The molecule has 0 atom stereocenters. The van der Waals surface area contributed by atoms with Gasteiger partial charge in [-0.2, -0.15) is 4.31 Å². The highest BCUT2D eigenvalue weighted by atomic mass is 32.2. The normalized spacial score (nSPS) is 16.0. The first-order valence-electron chi connectivity index (χ1n) is 7.87. The second kappa shape index (κ2) is 7.81. The van der Waals surface area contributed by atoms with Crippen molar-refractivity contribution in [2.24, 2.45) is 0 Å². The van der Waals surface area contributed by atoms with Crippen LogP contribution < -0.4 is 5.32 Å². The van der Waals surface area contributed by atoms with E-state index in [9.17, 15) is 17.6 Å². The summed E-state index contributed by atoms with van der Waals surface area (Å²) in [6.45, 7) is 0.832. The van der Waals surface area contributed by atoms with Crippen LogP contribution in [0.1, 0.15) is 5.76 Å². The van der Waals surface area contributed by atoms with E-state index in [0.717, 1.165) is 16.4 Å². The number of ether oxygens (including phenoxy) is 1. The van der Waals surface area contributed by atoms with Gasteiger partial charge < -0.3 is 14.5 Å². The Labute approximate surface area is 150 Å². The van der Waals surface area contributed by atoms with Gasteiger partial charge in [0, 0.05) is 24.9 Å². The molecule has 138 valence electrons. The number of anilines is 1. The van der Waals surface area contributed by atoms with Crippen LogP contribution in [0, 0.1) is 5.82 Å². The van der Waals surface area contributed by atoms with Crippen molar-refractivity contribution in [2.45, 2.75) is 4.90 Å². The first-order valence-corrected chi connectivity index (χ1v) is 9.31. The Morgan fingerprint density at radius 3 is 2.69 bits per heavy atom. The summed E-state index contributed by atoms with van der Waals surface area (Å²) in [5.74, 6) is -0.877. The fourth-order valence-corrected chi connectivity index (χ4v) is 3.93. The lowest BCUT2D eigenvalue weighted by molar-refractivity contribution is -0.111. The zero-order valence-corrected chi connectivity index (χ0v) is 14.5. The van der Waals surface area contributed by atoms with E-state index in [4.69, 9.17) is 9.15 Å². The van der Waals surface area contributed by atoms with Gasteiger partial charge in [-0.1, -0.05) is 0 Å². The lowest BCUT2D eigenvalue weighted by atomic mass is 10.3. The maximum atomic E-state index is 14.1. The molecule has 0 spiro atoms. The lowest BCUT2D eigenvalue weighted by Crippen LogP contribution is -2.40. The molecule has 1 amide bonds. The molecule has 0 radical (unpaired) electrons. The molecule has 0 unspecified atom stereocenters. The van der Waals surface area contributed by atoms with E-state index in [0.29, 0.717) is 5.76 Å². The Bertz CT molecular complexity index is 903. The molecule has 1 aliphatic rings. The second-order valence-corrected chi connectivity index (χ2v) is 7.41. The van der Waals surface area contributed by atoms with E-state index in [-0.39, 0.29) is 32.0 Å². The summed E-state index contributed by atoms with van der Waals surface area (Å²) in [6.07, 6.45) is 4.17. The van der Waals surface area contributed by atoms with Crippen molar-refractivity contribution in [1.82, 2.24) is 4.31 Å². The standard InChI is InChI=1S/C17H17FN2O5S/c18-15-5-3-13(19-17(21)6-4-14-2-1-9-25-14)12-16(15)26(22,23)20-7-10-24-11-8-20/h1-6,9,12H,7-8,10-11H2,(H,19,21). The Hall–Kier alpha value is -2.49.